The molecule has 0 amide bonds. The van der Waals surface area contributed by atoms with Gasteiger partial charge in [-0.05, 0) is 42.9 Å². The lowest BCUT2D eigenvalue weighted by Crippen LogP contribution is -2.31. The van der Waals surface area contributed by atoms with Gasteiger partial charge in [0.05, 0.1) is 6.54 Å². The molecular formula is C14H18ClNO2. The highest BCUT2D eigenvalue weighted by Gasteiger charge is 2.25. The molecule has 98 valence electrons. The molecular weight excluding hydrogens is 250 g/mol. The zero-order valence-electron chi connectivity index (χ0n) is 10.5. The van der Waals surface area contributed by atoms with Crippen LogP contribution in [-0.2, 0) is 11.3 Å². The van der Waals surface area contributed by atoms with Crippen molar-refractivity contribution in [1.29, 1.82) is 0 Å². The molecule has 0 unspecified atom stereocenters. The van der Waals surface area contributed by atoms with Crippen molar-refractivity contribution in [3.05, 3.63) is 34.3 Å². The van der Waals surface area contributed by atoms with Gasteiger partial charge >= 0.3 is 5.97 Å². The first-order chi connectivity index (χ1) is 8.54. The topological polar surface area (TPSA) is 40.5 Å². The van der Waals surface area contributed by atoms with E-state index in [1.165, 1.54) is 12.8 Å². The van der Waals surface area contributed by atoms with Gasteiger partial charge in [-0.1, -0.05) is 23.7 Å². The van der Waals surface area contributed by atoms with E-state index in [0.29, 0.717) is 12.5 Å². The molecule has 0 spiro atoms. The predicted molar refractivity (Wildman–Crippen MR) is 71.8 cm³/mol. The van der Waals surface area contributed by atoms with E-state index in [9.17, 15) is 4.79 Å². The van der Waals surface area contributed by atoms with Crippen molar-refractivity contribution >= 4 is 17.6 Å². The summed E-state index contributed by atoms with van der Waals surface area (Å²) in [5.74, 6) is -0.104. The highest BCUT2D eigenvalue weighted by molar-refractivity contribution is 6.31. The van der Waals surface area contributed by atoms with Crippen molar-refractivity contribution < 1.29 is 9.90 Å². The number of aliphatic carboxylic acids is 1. The first kappa shape index (κ1) is 13.4. The zero-order chi connectivity index (χ0) is 13.1. The Morgan fingerprint density at radius 3 is 2.78 bits per heavy atom. The molecule has 0 aromatic heterocycles. The summed E-state index contributed by atoms with van der Waals surface area (Å²) in [4.78, 5) is 12.8. The molecule has 1 fully saturated rings. The Bertz CT molecular complexity index is 443. The minimum Gasteiger partial charge on any atom is -0.480 e. The molecule has 0 aliphatic heterocycles. The largest absolute Gasteiger partial charge is 0.480 e. The Hall–Kier alpha value is -1.06. The number of halogens is 1. The van der Waals surface area contributed by atoms with Gasteiger partial charge in [-0.2, -0.15) is 0 Å². The van der Waals surface area contributed by atoms with Gasteiger partial charge in [0.2, 0.25) is 0 Å². The summed E-state index contributed by atoms with van der Waals surface area (Å²) in [6.45, 7) is 3.55. The van der Waals surface area contributed by atoms with Crippen molar-refractivity contribution in [1.82, 2.24) is 4.90 Å². The van der Waals surface area contributed by atoms with Crippen molar-refractivity contribution in [2.45, 2.75) is 26.3 Å². The second-order valence-corrected chi connectivity index (χ2v) is 5.51. The van der Waals surface area contributed by atoms with E-state index in [1.54, 1.807) is 0 Å². The number of hydrogen-bond donors (Lipinski definition) is 1. The van der Waals surface area contributed by atoms with Gasteiger partial charge in [0.15, 0.2) is 0 Å². The monoisotopic (exact) mass is 267 g/mol. The third kappa shape index (κ3) is 4.00. The molecule has 0 heterocycles. The molecule has 1 aromatic rings. The Kier molecular flexibility index (Phi) is 4.25. The second-order valence-electron chi connectivity index (χ2n) is 5.10. The molecule has 0 saturated heterocycles. The van der Waals surface area contributed by atoms with E-state index in [1.807, 2.05) is 30.0 Å². The smallest absolute Gasteiger partial charge is 0.317 e. The molecule has 0 bridgehead atoms. The van der Waals surface area contributed by atoms with Crippen LogP contribution in [0.3, 0.4) is 0 Å². The molecule has 4 heteroatoms. The lowest BCUT2D eigenvalue weighted by Gasteiger charge is -2.20. The summed E-state index contributed by atoms with van der Waals surface area (Å²) in [6, 6.07) is 5.92. The van der Waals surface area contributed by atoms with E-state index in [4.69, 9.17) is 16.7 Å². The number of rotatable bonds is 6. The molecule has 3 nitrogen and oxygen atoms in total. The maximum Gasteiger partial charge on any atom is 0.317 e. The van der Waals surface area contributed by atoms with E-state index < -0.39 is 5.97 Å². The molecule has 1 N–H and O–H groups in total. The Morgan fingerprint density at radius 1 is 1.50 bits per heavy atom. The molecule has 0 atom stereocenters. The highest BCUT2D eigenvalue weighted by atomic mass is 35.5. The van der Waals surface area contributed by atoms with Crippen LogP contribution in [0.15, 0.2) is 18.2 Å². The van der Waals surface area contributed by atoms with Gasteiger partial charge in [-0.15, -0.1) is 0 Å². The standard InChI is InChI=1S/C14H18ClNO2/c1-10-2-5-12(13(15)6-10)8-16(9-14(17)18)7-11-3-4-11/h2,5-6,11H,3-4,7-9H2,1H3,(H,17,18). The second kappa shape index (κ2) is 5.72. The summed E-state index contributed by atoms with van der Waals surface area (Å²) in [7, 11) is 0. The van der Waals surface area contributed by atoms with Crippen LogP contribution < -0.4 is 0 Å². The van der Waals surface area contributed by atoms with Crippen LogP contribution in [0.1, 0.15) is 24.0 Å². The molecule has 1 aliphatic carbocycles. The molecule has 2 rings (SSSR count). The maximum absolute atomic E-state index is 10.9. The molecule has 18 heavy (non-hydrogen) atoms. The SMILES string of the molecule is Cc1ccc(CN(CC(=O)O)CC2CC2)c(Cl)c1. The minimum atomic E-state index is -0.779. The molecule has 0 radical (unpaired) electrons. The average molecular weight is 268 g/mol. The van der Waals surface area contributed by atoms with E-state index in [2.05, 4.69) is 0 Å². The number of carboxylic acid groups (broad SMARTS) is 1. The summed E-state index contributed by atoms with van der Waals surface area (Å²) < 4.78 is 0. The number of hydrogen-bond acceptors (Lipinski definition) is 2. The lowest BCUT2D eigenvalue weighted by atomic mass is 10.1. The third-order valence-corrected chi connectivity index (χ3v) is 3.53. The molecule has 1 saturated carbocycles. The Morgan fingerprint density at radius 2 is 2.22 bits per heavy atom. The maximum atomic E-state index is 10.9. The van der Waals surface area contributed by atoms with E-state index >= 15 is 0 Å². The first-order valence-electron chi connectivity index (χ1n) is 6.24. The average Bonchev–Trinajstić information content (AvgIpc) is 3.05. The summed E-state index contributed by atoms with van der Waals surface area (Å²) in [6.07, 6.45) is 2.44. The molecule has 1 aromatic carbocycles. The van der Waals surface area contributed by atoms with Gasteiger partial charge in [0.25, 0.3) is 0 Å². The number of carbonyl (C=O) groups is 1. The number of carboxylic acids is 1. The lowest BCUT2D eigenvalue weighted by molar-refractivity contribution is -0.138. The van der Waals surface area contributed by atoms with Gasteiger partial charge in [-0.3, -0.25) is 9.69 Å². The van der Waals surface area contributed by atoms with Gasteiger partial charge in [-0.25, -0.2) is 0 Å². The zero-order valence-corrected chi connectivity index (χ0v) is 11.3. The van der Waals surface area contributed by atoms with Gasteiger partial charge in [0, 0.05) is 18.1 Å². The van der Waals surface area contributed by atoms with Crippen molar-refractivity contribution in [3.63, 3.8) is 0 Å². The van der Waals surface area contributed by atoms with Crippen LogP contribution in [0.25, 0.3) is 0 Å². The van der Waals surface area contributed by atoms with Crippen LogP contribution in [0.5, 0.6) is 0 Å². The van der Waals surface area contributed by atoms with Gasteiger partial charge in [0.1, 0.15) is 0 Å². The number of benzene rings is 1. The van der Waals surface area contributed by atoms with Gasteiger partial charge < -0.3 is 5.11 Å². The fourth-order valence-electron chi connectivity index (χ4n) is 2.06. The Balaban J connectivity index is 2.03. The predicted octanol–water partition coefficient (Wildman–Crippen LogP) is 2.95. The summed E-state index contributed by atoms with van der Waals surface area (Å²) in [5.41, 5.74) is 2.12. The fourth-order valence-corrected chi connectivity index (χ4v) is 2.36. The van der Waals surface area contributed by atoms with Crippen LogP contribution in [0.2, 0.25) is 5.02 Å². The number of aryl methyl sites for hydroxylation is 1. The number of nitrogens with zero attached hydrogens (tertiary/aromatic N) is 1. The van der Waals surface area contributed by atoms with Crippen molar-refractivity contribution in [2.75, 3.05) is 13.1 Å². The quantitative estimate of drug-likeness (QED) is 0.862. The Labute approximate surface area is 112 Å². The van der Waals surface area contributed by atoms with Crippen LogP contribution >= 0.6 is 11.6 Å². The van der Waals surface area contributed by atoms with E-state index in [-0.39, 0.29) is 6.54 Å². The summed E-state index contributed by atoms with van der Waals surface area (Å²) in [5, 5.41) is 9.66. The van der Waals surface area contributed by atoms with Crippen LogP contribution in [0, 0.1) is 12.8 Å². The van der Waals surface area contributed by atoms with E-state index in [0.717, 1.165) is 22.7 Å². The van der Waals surface area contributed by atoms with Crippen molar-refractivity contribution in [3.8, 4) is 0 Å². The highest BCUT2D eigenvalue weighted by Crippen LogP contribution is 2.30. The minimum absolute atomic E-state index is 0.0840. The fraction of sp³-hybridized carbons (Fsp3) is 0.500. The van der Waals surface area contributed by atoms with Crippen LogP contribution in [-0.4, -0.2) is 29.1 Å². The summed E-state index contributed by atoms with van der Waals surface area (Å²) >= 11 is 6.19. The first-order valence-corrected chi connectivity index (χ1v) is 6.61. The van der Waals surface area contributed by atoms with Crippen molar-refractivity contribution in [2.24, 2.45) is 5.92 Å². The van der Waals surface area contributed by atoms with Crippen LogP contribution in [0.4, 0.5) is 0 Å². The third-order valence-electron chi connectivity index (χ3n) is 3.17. The normalized spacial score (nSPS) is 15.1. The molecule has 1 aliphatic rings.